The molecule has 10 N–H and O–H groups in total. The molecule has 4 aliphatic rings. The first kappa shape index (κ1) is 46.6. The first-order valence-corrected chi connectivity index (χ1v) is 19.7. The van der Waals surface area contributed by atoms with Crippen LogP contribution >= 0.6 is 0 Å². The molecule has 7 rings (SSSR count). The van der Waals surface area contributed by atoms with Crippen LogP contribution in [0.2, 0.25) is 0 Å². The normalized spacial score (nSPS) is 29.4. The van der Waals surface area contributed by atoms with Crippen LogP contribution in [0, 0.1) is 10.1 Å². The number of nitrogens with one attached hydrogen (secondary N) is 1. The number of ketones is 3. The summed E-state index contributed by atoms with van der Waals surface area (Å²) in [5.74, 6) is -6.81. The van der Waals surface area contributed by atoms with Crippen LogP contribution in [0.15, 0.2) is 36.4 Å². The number of amides is 1. The molecule has 24 nitrogen and oxygen atoms in total. The maximum Gasteiger partial charge on any atom is 0.407 e. The van der Waals surface area contributed by atoms with Gasteiger partial charge in [0, 0.05) is 42.0 Å². The molecule has 0 saturated carbocycles. The Hall–Kier alpha value is -6.35. The van der Waals surface area contributed by atoms with E-state index in [0.29, 0.717) is 0 Å². The van der Waals surface area contributed by atoms with Crippen LogP contribution in [0.4, 0.5) is 10.5 Å². The van der Waals surface area contributed by atoms with Crippen LogP contribution in [0.25, 0.3) is 0 Å². The minimum Gasteiger partial charge on any atom is -0.507 e. The van der Waals surface area contributed by atoms with E-state index in [1.807, 2.05) is 0 Å². The third-order valence-corrected chi connectivity index (χ3v) is 11.7. The summed E-state index contributed by atoms with van der Waals surface area (Å²) in [7, 11) is 1.26. The number of carboxylic acid groups (broad SMARTS) is 1. The second-order valence-corrected chi connectivity index (χ2v) is 15.7. The molecule has 3 aromatic carbocycles. The van der Waals surface area contributed by atoms with Gasteiger partial charge in [-0.3, -0.25) is 24.5 Å². The summed E-state index contributed by atoms with van der Waals surface area (Å²) >= 11 is 0. The van der Waals surface area contributed by atoms with E-state index in [0.717, 1.165) is 12.1 Å². The van der Waals surface area contributed by atoms with Crippen LogP contribution < -0.4 is 14.8 Å². The summed E-state index contributed by atoms with van der Waals surface area (Å²) in [6, 6.07) is 6.08. The van der Waals surface area contributed by atoms with Gasteiger partial charge < -0.3 is 79.7 Å². The maximum atomic E-state index is 14.0. The number of benzene rings is 3. The van der Waals surface area contributed by atoms with Crippen LogP contribution in [0.5, 0.6) is 23.0 Å². The number of nitro groups is 1. The molecule has 65 heavy (non-hydrogen) atoms. The van der Waals surface area contributed by atoms with Gasteiger partial charge in [-0.2, -0.15) is 0 Å². The molecule has 11 atom stereocenters. The highest BCUT2D eigenvalue weighted by Gasteiger charge is 2.51. The van der Waals surface area contributed by atoms with Gasteiger partial charge in [0.15, 0.2) is 29.7 Å². The zero-order valence-electron chi connectivity index (χ0n) is 34.1. The predicted molar refractivity (Wildman–Crippen MR) is 209 cm³/mol. The fourth-order valence-electron chi connectivity index (χ4n) is 8.37. The SMILES string of the molecule is COc1cccc2c1C(=O)c1c(O)c3c(c(O)c1C2=O)C[C@@](O)(C(=O)CO)C[C@@H]3O[C@H]1C[C@H](NC(=O)OCc2ccc(O[C@@H]3O[C@H](C(=O)O)[C@@H](O)[C@H](O)[C@H]3O)c([N+](=O)[O-])c2)[C@H](O)[C@H](C)O1. The highest BCUT2D eigenvalue weighted by Crippen LogP contribution is 2.52. The number of fused-ring (bicyclic) bond motifs is 3. The number of carboxylic acids is 1. The third-order valence-electron chi connectivity index (χ3n) is 11.7. The molecule has 2 aliphatic heterocycles. The molecule has 0 aromatic heterocycles. The molecular weight excluding hydrogens is 872 g/mol. The highest BCUT2D eigenvalue weighted by molar-refractivity contribution is 6.31. The van der Waals surface area contributed by atoms with E-state index in [-0.39, 0.29) is 40.0 Å². The van der Waals surface area contributed by atoms with Crippen LogP contribution in [-0.4, -0.2) is 155 Å². The molecule has 0 unspecified atom stereocenters. The molecule has 2 fully saturated rings. The quantitative estimate of drug-likeness (QED) is 0.0470. The Balaban J connectivity index is 1.09. The second kappa shape index (κ2) is 17.9. The van der Waals surface area contributed by atoms with Gasteiger partial charge in [-0.1, -0.05) is 18.2 Å². The van der Waals surface area contributed by atoms with E-state index in [9.17, 15) is 80.0 Å². The summed E-state index contributed by atoms with van der Waals surface area (Å²) in [6.45, 7) is -0.369. The Labute approximate surface area is 365 Å². The maximum absolute atomic E-state index is 14.0. The number of rotatable bonds is 12. The van der Waals surface area contributed by atoms with Gasteiger partial charge in [0.2, 0.25) is 12.1 Å². The van der Waals surface area contributed by atoms with Gasteiger partial charge in [0.25, 0.3) is 0 Å². The number of carbonyl (C=O) groups is 5. The Morgan fingerprint density at radius 3 is 2.31 bits per heavy atom. The predicted octanol–water partition coefficient (Wildman–Crippen LogP) is -0.852. The van der Waals surface area contributed by atoms with E-state index in [4.69, 9.17) is 28.4 Å². The average molecular weight is 915 g/mol. The van der Waals surface area contributed by atoms with Crippen molar-refractivity contribution < 1.29 is 103 Å². The van der Waals surface area contributed by atoms with Gasteiger partial charge in [-0.15, -0.1) is 0 Å². The van der Waals surface area contributed by atoms with E-state index < -0.39 is 161 Å². The molecule has 348 valence electrons. The number of nitro benzene ring substituents is 1. The number of nitrogens with zero attached hydrogens (tertiary/aromatic N) is 1. The van der Waals surface area contributed by atoms with Crippen LogP contribution in [0.1, 0.15) is 74.4 Å². The first-order chi connectivity index (χ1) is 30.7. The largest absolute Gasteiger partial charge is 0.507 e. The molecule has 2 saturated heterocycles. The Morgan fingerprint density at radius 2 is 1.65 bits per heavy atom. The number of ether oxygens (including phenoxy) is 6. The summed E-state index contributed by atoms with van der Waals surface area (Å²) in [5, 5.41) is 110. The number of phenols is 2. The fourth-order valence-corrected chi connectivity index (χ4v) is 8.37. The third kappa shape index (κ3) is 8.42. The number of aliphatic hydroxyl groups excluding tert-OH is 5. The lowest BCUT2D eigenvalue weighted by atomic mass is 9.72. The van der Waals surface area contributed by atoms with Crippen molar-refractivity contribution in [3.63, 3.8) is 0 Å². The number of aliphatic hydroxyl groups is 6. The van der Waals surface area contributed by atoms with Gasteiger partial charge in [-0.25, -0.2) is 9.59 Å². The monoisotopic (exact) mass is 914 g/mol. The number of methoxy groups -OCH3 is 1. The van der Waals surface area contributed by atoms with Gasteiger partial charge in [0.1, 0.15) is 60.5 Å². The van der Waals surface area contributed by atoms with Crippen molar-refractivity contribution in [2.75, 3.05) is 13.7 Å². The van der Waals surface area contributed by atoms with E-state index in [1.165, 1.54) is 38.3 Å². The van der Waals surface area contributed by atoms with Crippen molar-refractivity contribution in [1.29, 1.82) is 0 Å². The van der Waals surface area contributed by atoms with E-state index >= 15 is 0 Å². The molecule has 0 radical (unpaired) electrons. The zero-order chi connectivity index (χ0) is 47.4. The summed E-state index contributed by atoms with van der Waals surface area (Å²) < 4.78 is 32.9. The molecule has 0 bridgehead atoms. The highest BCUT2D eigenvalue weighted by atomic mass is 16.7. The number of alkyl carbamates (subject to hydrolysis) is 1. The topological polar surface area (TPSA) is 378 Å². The summed E-state index contributed by atoms with van der Waals surface area (Å²) in [6.07, 6.45) is -18.6. The van der Waals surface area contributed by atoms with Crippen LogP contribution in [0.3, 0.4) is 0 Å². The van der Waals surface area contributed by atoms with E-state index in [1.54, 1.807) is 0 Å². The van der Waals surface area contributed by atoms with Gasteiger partial charge in [0.05, 0.1) is 47.0 Å². The average Bonchev–Trinajstić information content (AvgIpc) is 3.27. The van der Waals surface area contributed by atoms with Crippen molar-refractivity contribution in [2.24, 2.45) is 0 Å². The molecule has 1 amide bonds. The van der Waals surface area contributed by atoms with E-state index in [2.05, 4.69) is 5.32 Å². The minimum atomic E-state index is -2.45. The lowest BCUT2D eigenvalue weighted by molar-refractivity contribution is -0.387. The minimum absolute atomic E-state index is 0.00142. The number of hydrogen-bond acceptors (Lipinski definition) is 21. The van der Waals surface area contributed by atoms with Gasteiger partial charge in [-0.05, 0) is 24.6 Å². The number of Topliss-reactive ketones (excluding diaryl/α,β-unsaturated/α-hetero) is 1. The van der Waals surface area contributed by atoms with Crippen molar-refractivity contribution >= 4 is 35.1 Å². The second-order valence-electron chi connectivity index (χ2n) is 15.7. The zero-order valence-corrected chi connectivity index (χ0v) is 34.1. The number of carbonyl (C=O) groups excluding carboxylic acids is 4. The van der Waals surface area contributed by atoms with Crippen molar-refractivity contribution in [3.05, 3.63) is 85.5 Å². The number of aromatic hydroxyl groups is 2. The Bertz CT molecular complexity index is 2460. The molecule has 3 aromatic rings. The molecule has 2 aliphatic carbocycles. The summed E-state index contributed by atoms with van der Waals surface area (Å²) in [4.78, 5) is 76.3. The van der Waals surface area contributed by atoms with Crippen LogP contribution in [-0.2, 0) is 41.6 Å². The first-order valence-electron chi connectivity index (χ1n) is 19.7. The summed E-state index contributed by atoms with van der Waals surface area (Å²) in [5.41, 5.74) is -5.40. The van der Waals surface area contributed by atoms with Crippen molar-refractivity contribution in [3.8, 4) is 23.0 Å². The number of phenolic OH excluding ortho intramolecular Hbond substituents is 2. The van der Waals surface area contributed by atoms with Crippen molar-refractivity contribution in [1.82, 2.24) is 5.32 Å². The van der Waals surface area contributed by atoms with Crippen molar-refractivity contribution in [2.45, 2.75) is 99.7 Å². The standard InChI is InChI=1S/C41H42N2O22/c1-14-29(46)18(42-40(56)61-13-15-6-7-20(19(8-15)43(58)59)64-39-36(53)34(51)35(52)37(65-39)38(54)55)9-24(62-14)63-22-11-41(57,23(45)12-44)10-17-26(22)33(50)28-27(31(17)48)30(47)16-4-3-5-21(60-2)25(16)32(28)49/h3-8,14,18,22,24,29,34-37,39,44,46,48,50-53,57H,9-13H2,1-2H3,(H,42,56)(H,54,55)/t14-,18-,22-,24-,29+,34-,35-,36+,37-,39+,41-/m0/s1. The van der Waals surface area contributed by atoms with Gasteiger partial charge >= 0.3 is 17.7 Å². The Kier molecular flexibility index (Phi) is 12.8. The number of hydrogen-bond donors (Lipinski definition) is 10. The molecule has 2 heterocycles. The molecule has 24 heteroatoms. The molecular formula is C41H42N2O22. The molecule has 0 spiro atoms. The fraction of sp³-hybridized carbons (Fsp3) is 0.439. The Morgan fingerprint density at radius 1 is 0.938 bits per heavy atom. The number of aliphatic carboxylic acids is 1. The lowest BCUT2D eigenvalue weighted by Crippen LogP contribution is -2.61. The lowest BCUT2D eigenvalue weighted by Gasteiger charge is -2.42. The smallest absolute Gasteiger partial charge is 0.407 e.